The van der Waals surface area contributed by atoms with Gasteiger partial charge in [0.1, 0.15) is 17.3 Å². The van der Waals surface area contributed by atoms with Crippen LogP contribution in [0.4, 0.5) is 10.2 Å². The van der Waals surface area contributed by atoms with Crippen molar-refractivity contribution in [2.24, 2.45) is 0 Å². The van der Waals surface area contributed by atoms with Gasteiger partial charge in [0, 0.05) is 49.6 Å². The Balaban J connectivity index is 0.00000205. The van der Waals surface area contributed by atoms with Crippen molar-refractivity contribution >= 4 is 23.3 Å². The number of carbonyl (C=O) groups excluding carboxylic acids is 2. The van der Waals surface area contributed by atoms with E-state index in [4.69, 9.17) is 14.2 Å². The Hall–Kier alpha value is -3.76. The number of allylic oxidation sites excluding steroid dienone is 6. The summed E-state index contributed by atoms with van der Waals surface area (Å²) in [6.07, 6.45) is 10.8. The molecule has 0 aromatic carbocycles. The summed E-state index contributed by atoms with van der Waals surface area (Å²) in [5.74, 6) is -0.550. The number of rotatable bonds is 9. The first-order chi connectivity index (χ1) is 19.0. The van der Waals surface area contributed by atoms with Crippen molar-refractivity contribution in [2.45, 2.75) is 39.7 Å². The number of hydrogen-bond acceptors (Lipinski definition) is 8. The number of halogens is 1. The van der Waals surface area contributed by atoms with Crippen LogP contribution < -0.4 is 5.43 Å². The molecule has 39 heavy (non-hydrogen) atoms. The molecule has 0 atom stereocenters. The fraction of sp³-hybridized carbons (Fsp3) is 0.414. The van der Waals surface area contributed by atoms with E-state index >= 15 is 0 Å². The van der Waals surface area contributed by atoms with E-state index in [1.54, 1.807) is 18.5 Å². The van der Waals surface area contributed by atoms with Gasteiger partial charge < -0.3 is 24.2 Å². The van der Waals surface area contributed by atoms with E-state index in [9.17, 15) is 14.0 Å². The number of hydrazine groups is 1. The van der Waals surface area contributed by atoms with Crippen LogP contribution in [-0.2, 0) is 25.5 Å². The lowest BCUT2D eigenvalue weighted by molar-refractivity contribution is -0.140. The van der Waals surface area contributed by atoms with E-state index in [1.807, 2.05) is 41.6 Å². The van der Waals surface area contributed by atoms with Gasteiger partial charge in [-0.1, -0.05) is 26.0 Å². The number of pyridine rings is 1. The van der Waals surface area contributed by atoms with Crippen molar-refractivity contribution in [2.75, 3.05) is 45.9 Å². The Kier molecular flexibility index (Phi) is 11.4. The first-order valence-corrected chi connectivity index (χ1v) is 13.2. The molecule has 0 unspecified atom stereocenters. The van der Waals surface area contributed by atoms with Gasteiger partial charge in [-0.3, -0.25) is 9.78 Å². The van der Waals surface area contributed by atoms with Gasteiger partial charge in [0.05, 0.1) is 27.4 Å². The third-order valence-corrected chi connectivity index (χ3v) is 6.24. The topological polar surface area (TPSA) is 94.9 Å². The first-order valence-electron chi connectivity index (χ1n) is 13.2. The summed E-state index contributed by atoms with van der Waals surface area (Å²) < 4.78 is 31.5. The van der Waals surface area contributed by atoms with Gasteiger partial charge in [-0.2, -0.15) is 0 Å². The maximum Gasteiger partial charge on any atom is 0.355 e. The molecule has 0 saturated carbocycles. The number of anilines is 1. The molecule has 1 N–H and O–H groups in total. The van der Waals surface area contributed by atoms with Gasteiger partial charge in [-0.05, 0) is 48.3 Å². The van der Waals surface area contributed by atoms with Crippen LogP contribution in [0, 0.1) is 0 Å². The normalized spacial score (nSPS) is 15.3. The molecule has 2 aromatic rings. The van der Waals surface area contributed by atoms with E-state index in [0.29, 0.717) is 68.3 Å². The van der Waals surface area contributed by atoms with E-state index < -0.39 is 5.97 Å². The highest BCUT2D eigenvalue weighted by atomic mass is 19.1. The minimum Gasteiger partial charge on any atom is -0.469 e. The zero-order valence-corrected chi connectivity index (χ0v) is 23.0. The lowest BCUT2D eigenvalue weighted by atomic mass is 9.95. The Morgan fingerprint density at radius 1 is 1.05 bits per heavy atom. The molecule has 0 amide bonds. The number of methoxy groups -OCH3 is 2. The van der Waals surface area contributed by atoms with Crippen molar-refractivity contribution in [3.05, 3.63) is 65.9 Å². The number of ether oxygens (including phenoxy) is 3. The number of morpholine rings is 1. The minimum absolute atomic E-state index is 0.184. The summed E-state index contributed by atoms with van der Waals surface area (Å²) in [5.41, 5.74) is 6.70. The quantitative estimate of drug-likeness (QED) is 0.435. The van der Waals surface area contributed by atoms with Crippen LogP contribution in [0.25, 0.3) is 16.7 Å². The van der Waals surface area contributed by atoms with Gasteiger partial charge in [-0.15, -0.1) is 0 Å². The van der Waals surface area contributed by atoms with Gasteiger partial charge in [0.15, 0.2) is 0 Å². The Bertz CT molecular complexity index is 1210. The number of carbonyl (C=O) groups is 2. The molecule has 4 rings (SSSR count). The van der Waals surface area contributed by atoms with Crippen LogP contribution in [0.2, 0.25) is 0 Å². The molecule has 0 radical (unpaired) electrons. The van der Waals surface area contributed by atoms with Crippen LogP contribution in [0.3, 0.4) is 0 Å². The molecule has 3 heterocycles. The number of nitrogens with zero attached hydrogens (tertiary/aromatic N) is 3. The summed E-state index contributed by atoms with van der Waals surface area (Å²) in [6.45, 7) is 6.76. The molecule has 0 bridgehead atoms. The summed E-state index contributed by atoms with van der Waals surface area (Å²) in [5, 5.41) is 2.03. The molecular formula is C29H37FN4O5. The molecule has 9 nitrogen and oxygen atoms in total. The van der Waals surface area contributed by atoms with E-state index in [0.717, 1.165) is 11.1 Å². The maximum atomic E-state index is 14.1. The largest absolute Gasteiger partial charge is 0.469 e. The van der Waals surface area contributed by atoms with Gasteiger partial charge in [-0.25, -0.2) is 14.2 Å². The van der Waals surface area contributed by atoms with Crippen molar-refractivity contribution in [1.82, 2.24) is 14.6 Å². The number of hydrogen-bond donors (Lipinski definition) is 1. The third-order valence-electron chi connectivity index (χ3n) is 6.24. The highest BCUT2D eigenvalue weighted by Gasteiger charge is 2.31. The minimum atomic E-state index is -0.537. The van der Waals surface area contributed by atoms with Crippen molar-refractivity contribution in [1.29, 1.82) is 0 Å². The molecule has 1 fully saturated rings. The van der Waals surface area contributed by atoms with Gasteiger partial charge in [0.2, 0.25) is 0 Å². The summed E-state index contributed by atoms with van der Waals surface area (Å²) in [4.78, 5) is 29.4. The molecule has 210 valence electrons. The summed E-state index contributed by atoms with van der Waals surface area (Å²) >= 11 is 0. The highest BCUT2D eigenvalue weighted by Crippen LogP contribution is 2.42. The van der Waals surface area contributed by atoms with Crippen LogP contribution in [0.15, 0.2) is 54.7 Å². The van der Waals surface area contributed by atoms with E-state index in [2.05, 4.69) is 10.4 Å². The first kappa shape index (κ1) is 29.8. The van der Waals surface area contributed by atoms with Crippen LogP contribution >= 0.6 is 0 Å². The predicted octanol–water partition coefficient (Wildman–Crippen LogP) is 5.17. The van der Waals surface area contributed by atoms with Crippen molar-refractivity contribution in [3.63, 3.8) is 0 Å². The number of esters is 2. The molecule has 2 aliphatic rings. The molecule has 0 spiro atoms. The number of aromatic nitrogens is 2. The summed E-state index contributed by atoms with van der Waals surface area (Å²) in [7, 11) is 2.68. The standard InChI is InChI=1S/C27H31FN4O5.C2H6/c1-35-22(33)7-4-14-32-25(27(34)36-2)23(19-5-3-6-21(28)9-8-19)24(20-10-12-29-13-11-20)26(32)30-31-15-17-37-18-16-31;1-2/h5-6,8-13,30H,3-4,7,14-18H2,1-2H3;1-2H3. The molecule has 10 heteroatoms. The Morgan fingerprint density at radius 3 is 2.44 bits per heavy atom. The van der Waals surface area contributed by atoms with Crippen molar-refractivity contribution in [3.8, 4) is 11.1 Å². The lowest BCUT2D eigenvalue weighted by Gasteiger charge is -2.29. The molecule has 1 saturated heterocycles. The molecule has 1 aliphatic carbocycles. The Morgan fingerprint density at radius 2 is 1.77 bits per heavy atom. The maximum absolute atomic E-state index is 14.1. The second-order valence-electron chi connectivity index (χ2n) is 8.53. The second kappa shape index (κ2) is 15.0. The molecular weight excluding hydrogens is 503 g/mol. The lowest BCUT2D eigenvalue weighted by Crippen LogP contribution is -2.41. The average Bonchev–Trinajstić information content (AvgIpc) is 3.12. The highest BCUT2D eigenvalue weighted by molar-refractivity contribution is 6.04. The van der Waals surface area contributed by atoms with Crippen molar-refractivity contribution < 1.29 is 28.2 Å². The summed E-state index contributed by atoms with van der Waals surface area (Å²) in [6, 6.07) is 3.73. The third kappa shape index (κ3) is 7.42. The van der Waals surface area contributed by atoms with Gasteiger partial charge >= 0.3 is 11.9 Å². The number of nitrogens with one attached hydrogen (secondary N) is 1. The zero-order chi connectivity index (χ0) is 28.2. The SMILES string of the molecule is CC.COC(=O)CCCn1c(NN2CCOCC2)c(-c2ccncc2)c(C2=CCC=C(F)C=C2)c1C(=O)OC. The van der Waals surface area contributed by atoms with Gasteiger partial charge in [0.25, 0.3) is 0 Å². The fourth-order valence-electron chi connectivity index (χ4n) is 4.45. The smallest absolute Gasteiger partial charge is 0.355 e. The average molecular weight is 541 g/mol. The van der Waals surface area contributed by atoms with Crippen LogP contribution in [0.1, 0.15) is 49.2 Å². The van der Waals surface area contributed by atoms with Crippen LogP contribution in [-0.4, -0.2) is 67.0 Å². The van der Waals surface area contributed by atoms with E-state index in [1.165, 1.54) is 26.4 Å². The molecule has 2 aromatic heterocycles. The fourth-order valence-corrected chi connectivity index (χ4v) is 4.45. The monoisotopic (exact) mass is 540 g/mol. The van der Waals surface area contributed by atoms with E-state index in [-0.39, 0.29) is 18.2 Å². The predicted molar refractivity (Wildman–Crippen MR) is 149 cm³/mol. The zero-order valence-electron chi connectivity index (χ0n) is 23.0. The van der Waals surface area contributed by atoms with Crippen LogP contribution in [0.5, 0.6) is 0 Å². The second-order valence-corrected chi connectivity index (χ2v) is 8.53. The Labute approximate surface area is 228 Å². The molecule has 1 aliphatic heterocycles.